The van der Waals surface area contributed by atoms with Crippen LogP contribution >= 0.6 is 23.1 Å². The lowest BCUT2D eigenvalue weighted by atomic mass is 10.3. The third-order valence-electron chi connectivity index (χ3n) is 2.29. The standard InChI is InChI=1S/C12H14N2S2/c1-8-9(2)16-12(14-8)7-15-11-5-3-4-10(13)6-11/h3-6H,7,13H2,1-2H3. The maximum absolute atomic E-state index is 5.73. The Morgan fingerprint density at radius 1 is 1.38 bits per heavy atom. The van der Waals surface area contributed by atoms with Crippen molar-refractivity contribution in [3.8, 4) is 0 Å². The second kappa shape index (κ2) is 4.89. The molecule has 2 N–H and O–H groups in total. The summed E-state index contributed by atoms with van der Waals surface area (Å²) in [6.45, 7) is 4.17. The van der Waals surface area contributed by atoms with E-state index in [0.717, 1.165) is 17.1 Å². The van der Waals surface area contributed by atoms with Crippen molar-refractivity contribution in [1.29, 1.82) is 0 Å². The molecule has 0 saturated heterocycles. The van der Waals surface area contributed by atoms with Crippen LogP contribution in [0.2, 0.25) is 0 Å². The number of nitrogen functional groups attached to an aromatic ring is 1. The molecule has 84 valence electrons. The van der Waals surface area contributed by atoms with Gasteiger partial charge in [0.1, 0.15) is 5.01 Å². The van der Waals surface area contributed by atoms with Gasteiger partial charge in [0.2, 0.25) is 0 Å². The highest BCUT2D eigenvalue weighted by atomic mass is 32.2. The van der Waals surface area contributed by atoms with E-state index in [2.05, 4.69) is 24.9 Å². The molecule has 0 fully saturated rings. The van der Waals surface area contributed by atoms with Crippen molar-refractivity contribution in [3.63, 3.8) is 0 Å². The van der Waals surface area contributed by atoms with E-state index in [1.165, 1.54) is 14.8 Å². The molecule has 4 heteroatoms. The van der Waals surface area contributed by atoms with Crippen LogP contribution in [0.1, 0.15) is 15.6 Å². The molecule has 0 aliphatic heterocycles. The fourth-order valence-corrected chi connectivity index (χ4v) is 3.24. The third kappa shape index (κ3) is 2.77. The van der Waals surface area contributed by atoms with Gasteiger partial charge in [-0.1, -0.05) is 6.07 Å². The molecule has 1 heterocycles. The predicted molar refractivity (Wildman–Crippen MR) is 72.0 cm³/mol. The summed E-state index contributed by atoms with van der Waals surface area (Å²) in [5, 5.41) is 1.18. The average Bonchev–Trinajstić information content (AvgIpc) is 2.56. The molecule has 0 amide bonds. The minimum Gasteiger partial charge on any atom is -0.399 e. The number of thioether (sulfide) groups is 1. The Hall–Kier alpha value is -1.000. The zero-order chi connectivity index (χ0) is 11.5. The summed E-state index contributed by atoms with van der Waals surface area (Å²) in [4.78, 5) is 7.02. The van der Waals surface area contributed by atoms with Crippen LogP contribution in [0.3, 0.4) is 0 Å². The van der Waals surface area contributed by atoms with Crippen LogP contribution in [-0.4, -0.2) is 4.98 Å². The number of hydrogen-bond donors (Lipinski definition) is 1. The van der Waals surface area contributed by atoms with E-state index in [9.17, 15) is 0 Å². The summed E-state index contributed by atoms with van der Waals surface area (Å²) < 4.78 is 0. The van der Waals surface area contributed by atoms with Gasteiger partial charge < -0.3 is 5.73 Å². The Balaban J connectivity index is 2.02. The van der Waals surface area contributed by atoms with Crippen molar-refractivity contribution < 1.29 is 0 Å². The van der Waals surface area contributed by atoms with E-state index in [0.29, 0.717) is 0 Å². The molecule has 0 saturated carbocycles. The van der Waals surface area contributed by atoms with Crippen molar-refractivity contribution in [2.24, 2.45) is 0 Å². The zero-order valence-electron chi connectivity index (χ0n) is 9.36. The Labute approximate surface area is 104 Å². The Bertz CT molecular complexity index is 472. The molecule has 1 aromatic heterocycles. The smallest absolute Gasteiger partial charge is 0.103 e. The maximum Gasteiger partial charge on any atom is 0.103 e. The van der Waals surface area contributed by atoms with Crippen LogP contribution in [0.15, 0.2) is 29.2 Å². The van der Waals surface area contributed by atoms with Gasteiger partial charge in [-0.3, -0.25) is 0 Å². The molecule has 0 radical (unpaired) electrons. The summed E-state index contributed by atoms with van der Waals surface area (Å²) >= 11 is 3.55. The number of nitrogens with zero attached hydrogens (tertiary/aromatic N) is 1. The highest BCUT2D eigenvalue weighted by Gasteiger charge is 2.04. The molecule has 16 heavy (non-hydrogen) atoms. The highest BCUT2D eigenvalue weighted by molar-refractivity contribution is 7.98. The van der Waals surface area contributed by atoms with Gasteiger partial charge in [-0.15, -0.1) is 23.1 Å². The topological polar surface area (TPSA) is 38.9 Å². The monoisotopic (exact) mass is 250 g/mol. The molecule has 0 spiro atoms. The van der Waals surface area contributed by atoms with E-state index < -0.39 is 0 Å². The molecule has 0 aliphatic rings. The molecule has 2 rings (SSSR count). The normalized spacial score (nSPS) is 10.6. The van der Waals surface area contributed by atoms with Crippen LogP contribution in [0.5, 0.6) is 0 Å². The fraction of sp³-hybridized carbons (Fsp3) is 0.250. The second-order valence-electron chi connectivity index (χ2n) is 3.61. The average molecular weight is 250 g/mol. The Morgan fingerprint density at radius 2 is 2.19 bits per heavy atom. The fourth-order valence-electron chi connectivity index (χ4n) is 1.35. The number of hydrogen-bond acceptors (Lipinski definition) is 4. The number of rotatable bonds is 3. The summed E-state index contributed by atoms with van der Waals surface area (Å²) in [5.41, 5.74) is 7.69. The summed E-state index contributed by atoms with van der Waals surface area (Å²) in [7, 11) is 0. The SMILES string of the molecule is Cc1nc(CSc2cccc(N)c2)sc1C. The Morgan fingerprint density at radius 3 is 2.81 bits per heavy atom. The van der Waals surface area contributed by atoms with Crippen LogP contribution in [-0.2, 0) is 5.75 Å². The molecule has 2 aromatic rings. The quantitative estimate of drug-likeness (QED) is 0.668. The first-order chi connectivity index (χ1) is 7.65. The summed E-state index contributed by atoms with van der Waals surface area (Å²) in [6.07, 6.45) is 0. The first-order valence-corrected chi connectivity index (χ1v) is 6.86. The van der Waals surface area contributed by atoms with Gasteiger partial charge in [0.15, 0.2) is 0 Å². The van der Waals surface area contributed by atoms with Crippen molar-refractivity contribution in [2.45, 2.75) is 24.5 Å². The molecular weight excluding hydrogens is 236 g/mol. The van der Waals surface area contributed by atoms with Gasteiger partial charge in [-0.2, -0.15) is 0 Å². The summed E-state index contributed by atoms with van der Waals surface area (Å²) in [5.74, 6) is 0.919. The first-order valence-electron chi connectivity index (χ1n) is 5.06. The number of aryl methyl sites for hydroxylation is 2. The van der Waals surface area contributed by atoms with Gasteiger partial charge >= 0.3 is 0 Å². The molecule has 0 atom stereocenters. The molecule has 0 bridgehead atoms. The molecule has 0 aliphatic carbocycles. The van der Waals surface area contributed by atoms with Gasteiger partial charge in [0.05, 0.1) is 11.4 Å². The zero-order valence-corrected chi connectivity index (χ0v) is 11.0. The van der Waals surface area contributed by atoms with E-state index in [4.69, 9.17) is 5.73 Å². The van der Waals surface area contributed by atoms with Gasteiger partial charge in [0.25, 0.3) is 0 Å². The van der Waals surface area contributed by atoms with Crippen LogP contribution in [0.4, 0.5) is 5.69 Å². The van der Waals surface area contributed by atoms with Gasteiger partial charge in [-0.05, 0) is 32.0 Å². The van der Waals surface area contributed by atoms with Crippen molar-refractivity contribution >= 4 is 28.8 Å². The minimum atomic E-state index is 0.816. The summed E-state index contributed by atoms with van der Waals surface area (Å²) in [6, 6.07) is 7.96. The number of aromatic nitrogens is 1. The number of anilines is 1. The highest BCUT2D eigenvalue weighted by Crippen LogP contribution is 2.27. The predicted octanol–water partition coefficient (Wildman–Crippen LogP) is 3.63. The van der Waals surface area contributed by atoms with Crippen molar-refractivity contribution in [2.75, 3.05) is 5.73 Å². The largest absolute Gasteiger partial charge is 0.399 e. The number of benzene rings is 1. The van der Waals surface area contributed by atoms with Crippen molar-refractivity contribution in [3.05, 3.63) is 39.8 Å². The molecular formula is C12H14N2S2. The minimum absolute atomic E-state index is 0.816. The molecule has 0 unspecified atom stereocenters. The van der Waals surface area contributed by atoms with Crippen LogP contribution in [0.25, 0.3) is 0 Å². The van der Waals surface area contributed by atoms with Crippen LogP contribution < -0.4 is 5.73 Å². The molecule has 2 nitrogen and oxygen atoms in total. The Kier molecular flexibility index (Phi) is 3.51. The van der Waals surface area contributed by atoms with Gasteiger partial charge in [0, 0.05) is 15.5 Å². The number of thiazole rings is 1. The first kappa shape index (κ1) is 11.5. The van der Waals surface area contributed by atoms with E-state index >= 15 is 0 Å². The lowest BCUT2D eigenvalue weighted by Gasteiger charge is -2.00. The van der Waals surface area contributed by atoms with Gasteiger partial charge in [-0.25, -0.2) is 4.98 Å². The van der Waals surface area contributed by atoms with E-state index in [-0.39, 0.29) is 0 Å². The number of nitrogens with two attached hydrogens (primary N) is 1. The van der Waals surface area contributed by atoms with Crippen LogP contribution in [0, 0.1) is 13.8 Å². The van der Waals surface area contributed by atoms with Crippen molar-refractivity contribution in [1.82, 2.24) is 4.98 Å². The lowest BCUT2D eigenvalue weighted by molar-refractivity contribution is 1.16. The van der Waals surface area contributed by atoms with E-state index in [1.54, 1.807) is 23.1 Å². The van der Waals surface area contributed by atoms with E-state index in [1.807, 2.05) is 18.2 Å². The third-order valence-corrected chi connectivity index (χ3v) is 4.55. The second-order valence-corrected chi connectivity index (χ2v) is 5.95. The lowest BCUT2D eigenvalue weighted by Crippen LogP contribution is -1.84. The maximum atomic E-state index is 5.73. The molecule has 1 aromatic carbocycles.